The third kappa shape index (κ3) is 8.79. The van der Waals surface area contributed by atoms with Gasteiger partial charge in [-0.15, -0.1) is 0 Å². The van der Waals surface area contributed by atoms with Crippen molar-refractivity contribution in [1.82, 2.24) is 0 Å². The molecule has 0 radical (unpaired) electrons. The monoisotopic (exact) mass is 256 g/mol. The van der Waals surface area contributed by atoms with E-state index in [4.69, 9.17) is 9.47 Å². The fraction of sp³-hybridized carbons (Fsp3) is 0.714. The van der Waals surface area contributed by atoms with E-state index in [9.17, 15) is 9.59 Å². The van der Waals surface area contributed by atoms with Crippen LogP contribution in [0.1, 0.15) is 40.5 Å². The Bertz CT molecular complexity index is 256. The van der Waals surface area contributed by atoms with Crippen molar-refractivity contribution in [2.45, 2.75) is 40.5 Å². The second kappa shape index (κ2) is 9.68. The molecule has 0 aliphatic carbocycles. The molecule has 0 aromatic carbocycles. The van der Waals surface area contributed by atoms with E-state index < -0.39 is 11.9 Å². The second-order valence-electron chi connectivity index (χ2n) is 4.62. The molecule has 0 aliphatic rings. The van der Waals surface area contributed by atoms with Crippen molar-refractivity contribution in [2.75, 3.05) is 13.2 Å². The van der Waals surface area contributed by atoms with Gasteiger partial charge in [-0.1, -0.05) is 40.5 Å². The average molecular weight is 256 g/mol. The van der Waals surface area contributed by atoms with E-state index in [1.807, 2.05) is 27.7 Å². The number of esters is 2. The van der Waals surface area contributed by atoms with Gasteiger partial charge in [0.1, 0.15) is 0 Å². The van der Waals surface area contributed by atoms with E-state index in [0.29, 0.717) is 25.0 Å². The van der Waals surface area contributed by atoms with Gasteiger partial charge < -0.3 is 9.47 Å². The van der Waals surface area contributed by atoms with E-state index in [0.717, 1.165) is 25.0 Å². The van der Waals surface area contributed by atoms with Crippen molar-refractivity contribution < 1.29 is 19.1 Å². The molecule has 18 heavy (non-hydrogen) atoms. The molecule has 2 unspecified atom stereocenters. The first-order valence-electron chi connectivity index (χ1n) is 6.51. The molecule has 0 fully saturated rings. The normalized spacial score (nSPS) is 14.2. The predicted molar refractivity (Wildman–Crippen MR) is 70.0 cm³/mol. The molecule has 4 heteroatoms. The van der Waals surface area contributed by atoms with E-state index in [1.54, 1.807) is 0 Å². The molecule has 104 valence electrons. The maximum absolute atomic E-state index is 11.2. The summed E-state index contributed by atoms with van der Waals surface area (Å²) in [4.78, 5) is 22.5. The Labute approximate surface area is 109 Å². The van der Waals surface area contributed by atoms with Crippen LogP contribution in [0.5, 0.6) is 0 Å². The SMILES string of the molecule is CCC(C)COC(=O)/C=C/C(=O)OCC(C)CC. The molecule has 2 atom stereocenters. The van der Waals surface area contributed by atoms with Gasteiger partial charge in [0.2, 0.25) is 0 Å². The Morgan fingerprint density at radius 2 is 1.22 bits per heavy atom. The zero-order chi connectivity index (χ0) is 14.0. The summed E-state index contributed by atoms with van der Waals surface area (Å²) < 4.78 is 9.92. The van der Waals surface area contributed by atoms with Crippen molar-refractivity contribution in [3.8, 4) is 0 Å². The highest BCUT2D eigenvalue weighted by molar-refractivity contribution is 5.91. The highest BCUT2D eigenvalue weighted by atomic mass is 16.5. The lowest BCUT2D eigenvalue weighted by Gasteiger charge is -2.08. The van der Waals surface area contributed by atoms with Gasteiger partial charge in [0.15, 0.2) is 0 Å². The quantitative estimate of drug-likeness (QED) is 0.495. The summed E-state index contributed by atoms with van der Waals surface area (Å²) in [5.74, 6) is -0.342. The van der Waals surface area contributed by atoms with Gasteiger partial charge in [-0.05, 0) is 11.8 Å². The van der Waals surface area contributed by atoms with Crippen LogP contribution in [0.2, 0.25) is 0 Å². The number of hydrogen-bond acceptors (Lipinski definition) is 4. The molecule has 0 spiro atoms. The number of rotatable bonds is 8. The van der Waals surface area contributed by atoms with Crippen molar-refractivity contribution in [1.29, 1.82) is 0 Å². The molecule has 0 aromatic rings. The zero-order valence-electron chi connectivity index (χ0n) is 11.8. The molecule has 0 aliphatic heterocycles. The molecular weight excluding hydrogens is 232 g/mol. The van der Waals surface area contributed by atoms with Crippen LogP contribution < -0.4 is 0 Å². The lowest BCUT2D eigenvalue weighted by Crippen LogP contribution is -2.11. The smallest absolute Gasteiger partial charge is 0.331 e. The lowest BCUT2D eigenvalue weighted by molar-refractivity contribution is -0.141. The third-order valence-corrected chi connectivity index (χ3v) is 2.77. The number of carbonyl (C=O) groups is 2. The molecule has 0 heterocycles. The van der Waals surface area contributed by atoms with Crippen molar-refractivity contribution in [3.63, 3.8) is 0 Å². The Morgan fingerprint density at radius 3 is 1.50 bits per heavy atom. The summed E-state index contributed by atoms with van der Waals surface area (Å²) >= 11 is 0. The Balaban J connectivity index is 3.85. The first-order valence-corrected chi connectivity index (χ1v) is 6.51. The van der Waals surface area contributed by atoms with Gasteiger partial charge in [0, 0.05) is 12.2 Å². The van der Waals surface area contributed by atoms with Crippen LogP contribution in [0, 0.1) is 11.8 Å². The molecule has 0 aromatic heterocycles. The minimum Gasteiger partial charge on any atom is -0.462 e. The Morgan fingerprint density at radius 1 is 0.889 bits per heavy atom. The van der Waals surface area contributed by atoms with E-state index >= 15 is 0 Å². The van der Waals surface area contributed by atoms with Gasteiger partial charge in [-0.2, -0.15) is 0 Å². The zero-order valence-corrected chi connectivity index (χ0v) is 11.8. The highest BCUT2D eigenvalue weighted by Gasteiger charge is 2.05. The third-order valence-electron chi connectivity index (χ3n) is 2.77. The fourth-order valence-electron chi connectivity index (χ4n) is 0.917. The predicted octanol–water partition coefficient (Wildman–Crippen LogP) is 2.72. The standard InChI is InChI=1S/C14H24O4/c1-5-11(3)9-17-13(15)7-8-14(16)18-10-12(4)6-2/h7-8,11-12H,5-6,9-10H2,1-4H3/b8-7+. The molecule has 4 nitrogen and oxygen atoms in total. The van der Waals surface area contributed by atoms with Crippen molar-refractivity contribution in [3.05, 3.63) is 12.2 Å². The Hall–Kier alpha value is -1.32. The van der Waals surface area contributed by atoms with Crippen LogP contribution >= 0.6 is 0 Å². The summed E-state index contributed by atoms with van der Waals surface area (Å²) in [6.07, 6.45) is 4.13. The van der Waals surface area contributed by atoms with Gasteiger partial charge in [0.05, 0.1) is 13.2 Å². The van der Waals surface area contributed by atoms with Crippen LogP contribution in [0.25, 0.3) is 0 Å². The minimum atomic E-state index is -0.504. The average Bonchev–Trinajstić information content (AvgIpc) is 2.39. The van der Waals surface area contributed by atoms with Gasteiger partial charge in [0.25, 0.3) is 0 Å². The summed E-state index contributed by atoms with van der Waals surface area (Å²) in [6, 6.07) is 0. The van der Waals surface area contributed by atoms with Gasteiger partial charge >= 0.3 is 11.9 Å². The van der Waals surface area contributed by atoms with Gasteiger partial charge in [-0.3, -0.25) is 0 Å². The lowest BCUT2D eigenvalue weighted by atomic mass is 10.1. The largest absolute Gasteiger partial charge is 0.462 e. The van der Waals surface area contributed by atoms with Crippen LogP contribution in [0.4, 0.5) is 0 Å². The van der Waals surface area contributed by atoms with Crippen LogP contribution in [0.15, 0.2) is 12.2 Å². The first-order chi connectivity index (χ1) is 8.49. The summed E-state index contributed by atoms with van der Waals surface area (Å²) in [6.45, 7) is 8.80. The number of hydrogen-bond donors (Lipinski definition) is 0. The van der Waals surface area contributed by atoms with E-state index in [1.165, 1.54) is 0 Å². The highest BCUT2D eigenvalue weighted by Crippen LogP contribution is 2.02. The van der Waals surface area contributed by atoms with E-state index in [-0.39, 0.29) is 0 Å². The number of carbonyl (C=O) groups excluding carboxylic acids is 2. The summed E-state index contributed by atoms with van der Waals surface area (Å²) in [5, 5.41) is 0. The Kier molecular flexibility index (Phi) is 8.97. The summed E-state index contributed by atoms with van der Waals surface area (Å²) in [7, 11) is 0. The van der Waals surface area contributed by atoms with Gasteiger partial charge in [-0.25, -0.2) is 9.59 Å². The number of ether oxygens (including phenoxy) is 2. The molecule has 0 saturated carbocycles. The topological polar surface area (TPSA) is 52.6 Å². The second-order valence-corrected chi connectivity index (χ2v) is 4.62. The fourth-order valence-corrected chi connectivity index (χ4v) is 0.917. The molecule has 0 bridgehead atoms. The molecule has 0 N–H and O–H groups in total. The molecular formula is C14H24O4. The van der Waals surface area contributed by atoms with Crippen LogP contribution in [0.3, 0.4) is 0 Å². The molecule has 0 saturated heterocycles. The molecule has 0 rings (SSSR count). The van der Waals surface area contributed by atoms with Crippen molar-refractivity contribution in [2.24, 2.45) is 11.8 Å². The van der Waals surface area contributed by atoms with E-state index in [2.05, 4.69) is 0 Å². The first kappa shape index (κ1) is 16.7. The van der Waals surface area contributed by atoms with Crippen molar-refractivity contribution >= 4 is 11.9 Å². The maximum Gasteiger partial charge on any atom is 0.331 e. The minimum absolute atomic E-state index is 0.333. The van der Waals surface area contributed by atoms with Crippen LogP contribution in [-0.2, 0) is 19.1 Å². The maximum atomic E-state index is 11.2. The summed E-state index contributed by atoms with van der Waals surface area (Å²) in [5.41, 5.74) is 0. The van der Waals surface area contributed by atoms with Crippen LogP contribution in [-0.4, -0.2) is 25.2 Å². The molecule has 0 amide bonds.